The fourth-order valence-electron chi connectivity index (χ4n) is 2.47. The number of carbonyl (C=O) groups excluding carboxylic acids is 1. The Bertz CT molecular complexity index is 648. The number of hydrogen-bond acceptors (Lipinski definition) is 6. The van der Waals surface area contributed by atoms with Crippen LogP contribution in [0.15, 0.2) is 18.5 Å². The summed E-state index contributed by atoms with van der Waals surface area (Å²) in [5.41, 5.74) is 0.287. The second-order valence-corrected chi connectivity index (χ2v) is 5.34. The first-order valence-corrected chi connectivity index (χ1v) is 7.44. The smallest absolute Gasteiger partial charge is 0.273 e. The van der Waals surface area contributed by atoms with Crippen LogP contribution < -0.4 is 10.2 Å². The minimum atomic E-state index is -0.278. The number of amides is 1. The maximum Gasteiger partial charge on any atom is 0.273 e. The molecule has 0 aromatic carbocycles. The van der Waals surface area contributed by atoms with Gasteiger partial charge in [-0.2, -0.15) is 0 Å². The zero-order chi connectivity index (χ0) is 15.4. The summed E-state index contributed by atoms with van der Waals surface area (Å²) in [6.07, 6.45) is 6.98. The Morgan fingerprint density at radius 3 is 2.86 bits per heavy atom. The van der Waals surface area contributed by atoms with Crippen molar-refractivity contribution in [1.29, 1.82) is 0 Å². The summed E-state index contributed by atoms with van der Waals surface area (Å²) in [5.74, 6) is 1.25. The summed E-state index contributed by atoms with van der Waals surface area (Å²) < 4.78 is 1.49. The third kappa shape index (κ3) is 3.38. The first-order chi connectivity index (χ1) is 10.7. The summed E-state index contributed by atoms with van der Waals surface area (Å²) in [5, 5.41) is 10.3. The van der Waals surface area contributed by atoms with Crippen molar-refractivity contribution in [2.24, 2.45) is 7.05 Å². The van der Waals surface area contributed by atoms with Gasteiger partial charge in [0.2, 0.25) is 0 Å². The second-order valence-electron chi connectivity index (χ2n) is 5.34. The highest BCUT2D eigenvalue weighted by atomic mass is 16.2. The second kappa shape index (κ2) is 6.50. The SMILES string of the molecule is Cn1cc(C(=O)NCc2nccc(N3CCCCC3)n2)nn1. The molecule has 3 rings (SSSR count). The summed E-state index contributed by atoms with van der Waals surface area (Å²) in [4.78, 5) is 22.9. The third-order valence-electron chi connectivity index (χ3n) is 3.61. The molecule has 0 aliphatic carbocycles. The van der Waals surface area contributed by atoms with Crippen molar-refractivity contribution < 1.29 is 4.79 Å². The predicted molar refractivity (Wildman–Crippen MR) is 80.3 cm³/mol. The maximum absolute atomic E-state index is 11.9. The van der Waals surface area contributed by atoms with Crippen LogP contribution >= 0.6 is 0 Å². The molecular weight excluding hydrogens is 282 g/mol. The molecule has 0 bridgehead atoms. The molecule has 0 radical (unpaired) electrons. The summed E-state index contributed by atoms with van der Waals surface area (Å²) in [6, 6.07) is 1.92. The fourth-order valence-corrected chi connectivity index (χ4v) is 2.47. The zero-order valence-corrected chi connectivity index (χ0v) is 12.6. The molecule has 0 atom stereocenters. The van der Waals surface area contributed by atoms with E-state index in [-0.39, 0.29) is 18.1 Å². The van der Waals surface area contributed by atoms with Crippen LogP contribution in [-0.4, -0.2) is 44.0 Å². The number of piperidine rings is 1. The Morgan fingerprint density at radius 1 is 1.32 bits per heavy atom. The Kier molecular flexibility index (Phi) is 4.27. The quantitative estimate of drug-likeness (QED) is 0.886. The van der Waals surface area contributed by atoms with Crippen LogP contribution in [0.1, 0.15) is 35.6 Å². The highest BCUT2D eigenvalue weighted by molar-refractivity contribution is 5.91. The molecular formula is C14H19N7O. The molecule has 8 nitrogen and oxygen atoms in total. The molecule has 1 amide bonds. The number of aryl methyl sites for hydroxylation is 1. The van der Waals surface area contributed by atoms with E-state index < -0.39 is 0 Å². The van der Waals surface area contributed by atoms with Crippen molar-refractivity contribution in [3.8, 4) is 0 Å². The lowest BCUT2D eigenvalue weighted by Crippen LogP contribution is -2.31. The van der Waals surface area contributed by atoms with Gasteiger partial charge in [-0.25, -0.2) is 9.97 Å². The van der Waals surface area contributed by atoms with Crippen LogP contribution in [0.2, 0.25) is 0 Å². The number of anilines is 1. The van der Waals surface area contributed by atoms with Crippen LogP contribution in [0.4, 0.5) is 5.82 Å². The van der Waals surface area contributed by atoms with Crippen molar-refractivity contribution >= 4 is 11.7 Å². The minimum Gasteiger partial charge on any atom is -0.357 e. The van der Waals surface area contributed by atoms with Crippen LogP contribution in [-0.2, 0) is 13.6 Å². The van der Waals surface area contributed by atoms with Gasteiger partial charge in [0.05, 0.1) is 12.7 Å². The van der Waals surface area contributed by atoms with Crippen molar-refractivity contribution in [2.75, 3.05) is 18.0 Å². The number of nitrogens with zero attached hydrogens (tertiary/aromatic N) is 6. The van der Waals surface area contributed by atoms with E-state index in [1.165, 1.54) is 23.9 Å². The summed E-state index contributed by atoms with van der Waals surface area (Å²) >= 11 is 0. The highest BCUT2D eigenvalue weighted by Gasteiger charge is 2.14. The van der Waals surface area contributed by atoms with E-state index in [0.717, 1.165) is 18.9 Å². The van der Waals surface area contributed by atoms with Gasteiger partial charge in [-0.3, -0.25) is 9.48 Å². The number of hydrogen-bond donors (Lipinski definition) is 1. The van der Waals surface area contributed by atoms with Crippen molar-refractivity contribution in [2.45, 2.75) is 25.8 Å². The number of rotatable bonds is 4. The predicted octanol–water partition coefficient (Wildman–Crippen LogP) is 0.525. The molecule has 1 saturated heterocycles. The molecule has 0 spiro atoms. The van der Waals surface area contributed by atoms with Gasteiger partial charge in [0, 0.05) is 26.3 Å². The zero-order valence-electron chi connectivity index (χ0n) is 12.6. The molecule has 1 aliphatic heterocycles. The monoisotopic (exact) mass is 301 g/mol. The van der Waals surface area contributed by atoms with Gasteiger partial charge in [0.1, 0.15) is 11.6 Å². The highest BCUT2D eigenvalue weighted by Crippen LogP contribution is 2.16. The molecule has 1 N–H and O–H groups in total. The normalized spacial score (nSPS) is 14.9. The van der Waals surface area contributed by atoms with Crippen molar-refractivity contribution in [3.63, 3.8) is 0 Å². The van der Waals surface area contributed by atoms with E-state index in [1.54, 1.807) is 19.4 Å². The van der Waals surface area contributed by atoms with Gasteiger partial charge < -0.3 is 10.2 Å². The Hall–Kier alpha value is -2.51. The lowest BCUT2D eigenvalue weighted by molar-refractivity contribution is 0.0944. The van der Waals surface area contributed by atoms with E-state index >= 15 is 0 Å². The first kappa shape index (κ1) is 14.4. The van der Waals surface area contributed by atoms with Crippen LogP contribution in [0, 0.1) is 0 Å². The third-order valence-corrected chi connectivity index (χ3v) is 3.61. The summed E-state index contributed by atoms with van der Waals surface area (Å²) in [6.45, 7) is 2.34. The first-order valence-electron chi connectivity index (χ1n) is 7.44. The molecule has 8 heteroatoms. The minimum absolute atomic E-state index is 0.275. The van der Waals surface area contributed by atoms with Gasteiger partial charge >= 0.3 is 0 Å². The lowest BCUT2D eigenvalue weighted by atomic mass is 10.1. The molecule has 0 saturated carbocycles. The van der Waals surface area contributed by atoms with Gasteiger partial charge in [-0.05, 0) is 25.3 Å². The molecule has 2 aromatic heterocycles. The molecule has 3 heterocycles. The van der Waals surface area contributed by atoms with E-state index in [4.69, 9.17) is 0 Å². The average molecular weight is 301 g/mol. The number of nitrogens with one attached hydrogen (secondary N) is 1. The number of carbonyl (C=O) groups is 1. The average Bonchev–Trinajstić information content (AvgIpc) is 3.00. The molecule has 22 heavy (non-hydrogen) atoms. The van der Waals surface area contributed by atoms with E-state index in [0.29, 0.717) is 5.82 Å². The Morgan fingerprint density at radius 2 is 2.14 bits per heavy atom. The van der Waals surface area contributed by atoms with Crippen molar-refractivity contribution in [3.05, 3.63) is 30.0 Å². The number of aromatic nitrogens is 5. The van der Waals surface area contributed by atoms with Gasteiger partial charge in [0.25, 0.3) is 5.91 Å². The standard InChI is InChI=1S/C14H19N7O/c1-20-10-11(18-19-20)14(22)16-9-12-15-6-5-13(17-12)21-7-3-2-4-8-21/h5-6,10H,2-4,7-9H2,1H3,(H,16,22). The van der Waals surface area contributed by atoms with E-state index in [9.17, 15) is 4.79 Å². The van der Waals surface area contributed by atoms with Gasteiger partial charge in [-0.15, -0.1) is 5.10 Å². The molecule has 116 valence electrons. The Labute approximate surface area is 128 Å². The van der Waals surface area contributed by atoms with Crippen LogP contribution in [0.25, 0.3) is 0 Å². The van der Waals surface area contributed by atoms with E-state index in [1.807, 2.05) is 6.07 Å². The molecule has 1 fully saturated rings. The topological polar surface area (TPSA) is 88.8 Å². The van der Waals surface area contributed by atoms with E-state index in [2.05, 4.69) is 30.5 Å². The summed E-state index contributed by atoms with van der Waals surface area (Å²) in [7, 11) is 1.72. The van der Waals surface area contributed by atoms with Gasteiger partial charge in [-0.1, -0.05) is 5.21 Å². The molecule has 1 aliphatic rings. The maximum atomic E-state index is 11.9. The van der Waals surface area contributed by atoms with Crippen molar-refractivity contribution in [1.82, 2.24) is 30.3 Å². The van der Waals surface area contributed by atoms with Crippen LogP contribution in [0.3, 0.4) is 0 Å². The van der Waals surface area contributed by atoms with Gasteiger partial charge in [0.15, 0.2) is 5.69 Å². The molecule has 2 aromatic rings. The van der Waals surface area contributed by atoms with Crippen LogP contribution in [0.5, 0.6) is 0 Å². The lowest BCUT2D eigenvalue weighted by Gasteiger charge is -2.27. The fraction of sp³-hybridized carbons (Fsp3) is 0.500. The molecule has 0 unspecified atom stereocenters. The Balaban J connectivity index is 1.61. The largest absolute Gasteiger partial charge is 0.357 e.